The number of benzene rings is 2. The highest BCUT2D eigenvalue weighted by Crippen LogP contribution is 2.32. The summed E-state index contributed by atoms with van der Waals surface area (Å²) in [5, 5.41) is 6.37. The number of ether oxygens (including phenoxy) is 2. The van der Waals surface area contributed by atoms with E-state index in [2.05, 4.69) is 15.6 Å². The highest BCUT2D eigenvalue weighted by atomic mass is 19.1. The van der Waals surface area contributed by atoms with Crippen molar-refractivity contribution < 1.29 is 23.5 Å². The number of primary amides is 1. The summed E-state index contributed by atoms with van der Waals surface area (Å²) in [7, 11) is 3.11. The molecule has 0 atom stereocenters. The molecule has 1 aliphatic rings. The van der Waals surface area contributed by atoms with Crippen molar-refractivity contribution in [1.29, 1.82) is 0 Å². The van der Waals surface area contributed by atoms with Gasteiger partial charge in [-0.2, -0.15) is 0 Å². The first-order chi connectivity index (χ1) is 16.3. The third-order valence-corrected chi connectivity index (χ3v) is 5.54. The van der Waals surface area contributed by atoms with E-state index in [1.807, 2.05) is 0 Å². The molecule has 3 aromatic rings. The molecule has 2 aromatic carbocycles. The van der Waals surface area contributed by atoms with Crippen molar-refractivity contribution in [2.24, 2.45) is 5.73 Å². The fourth-order valence-corrected chi connectivity index (χ4v) is 3.65. The van der Waals surface area contributed by atoms with Gasteiger partial charge in [0.25, 0.3) is 11.8 Å². The lowest BCUT2D eigenvalue weighted by Crippen LogP contribution is -2.51. The number of hydrogen-bond donors (Lipinski definition) is 3. The Morgan fingerprint density at radius 2 is 1.79 bits per heavy atom. The van der Waals surface area contributed by atoms with Crippen molar-refractivity contribution in [3.63, 3.8) is 0 Å². The summed E-state index contributed by atoms with van der Waals surface area (Å²) in [6.45, 7) is 0. The highest BCUT2D eigenvalue weighted by molar-refractivity contribution is 6.02. The SMILES string of the molecule is CNC1(C(=O)Nc2ccc(F)cc2)C=CC(Oc2ccnc3cc(OC)c(C(N)=O)cc23)C=C1. The molecule has 0 bridgehead atoms. The molecular weight excluding hydrogens is 439 g/mol. The van der Waals surface area contributed by atoms with Crippen LogP contribution in [0.5, 0.6) is 11.5 Å². The molecule has 2 amide bonds. The number of amides is 2. The molecule has 0 unspecified atom stereocenters. The lowest BCUT2D eigenvalue weighted by atomic mass is 9.92. The zero-order chi connectivity index (χ0) is 24.3. The molecule has 0 saturated carbocycles. The molecule has 8 nitrogen and oxygen atoms in total. The van der Waals surface area contributed by atoms with E-state index in [1.54, 1.807) is 55.7 Å². The van der Waals surface area contributed by atoms with Crippen LogP contribution in [0, 0.1) is 5.82 Å². The molecule has 1 aromatic heterocycles. The van der Waals surface area contributed by atoms with E-state index in [1.165, 1.54) is 31.4 Å². The van der Waals surface area contributed by atoms with Gasteiger partial charge in [0.05, 0.1) is 18.2 Å². The van der Waals surface area contributed by atoms with E-state index < -0.39 is 17.6 Å². The molecule has 0 aliphatic heterocycles. The summed E-state index contributed by atoms with van der Waals surface area (Å²) in [6.07, 6.45) is 7.97. The minimum Gasteiger partial charge on any atom is -0.496 e. The quantitative estimate of drug-likeness (QED) is 0.465. The average molecular weight is 462 g/mol. The van der Waals surface area contributed by atoms with Gasteiger partial charge in [-0.05, 0) is 55.6 Å². The maximum Gasteiger partial charge on any atom is 0.252 e. The van der Waals surface area contributed by atoms with Crippen molar-refractivity contribution in [2.75, 3.05) is 19.5 Å². The van der Waals surface area contributed by atoms with Crippen LogP contribution in [-0.4, -0.2) is 42.6 Å². The van der Waals surface area contributed by atoms with Gasteiger partial charge in [0.1, 0.15) is 29.0 Å². The van der Waals surface area contributed by atoms with Crippen molar-refractivity contribution in [3.05, 3.63) is 84.3 Å². The maximum atomic E-state index is 13.1. The number of pyridine rings is 1. The second-order valence-corrected chi connectivity index (χ2v) is 7.62. The van der Waals surface area contributed by atoms with Gasteiger partial charge in [-0.3, -0.25) is 19.9 Å². The summed E-state index contributed by atoms with van der Waals surface area (Å²) < 4.78 is 24.5. The molecule has 0 radical (unpaired) electrons. The van der Waals surface area contributed by atoms with Crippen LogP contribution in [0.2, 0.25) is 0 Å². The van der Waals surface area contributed by atoms with E-state index in [0.29, 0.717) is 28.1 Å². The van der Waals surface area contributed by atoms with Crippen LogP contribution in [0.15, 0.2) is 73.0 Å². The number of rotatable bonds is 7. The van der Waals surface area contributed by atoms with Crippen LogP contribution in [0.1, 0.15) is 10.4 Å². The molecular formula is C25H23FN4O4. The van der Waals surface area contributed by atoms with Crippen LogP contribution in [0.3, 0.4) is 0 Å². The molecule has 1 heterocycles. The molecule has 4 N–H and O–H groups in total. The first-order valence-electron chi connectivity index (χ1n) is 10.4. The van der Waals surface area contributed by atoms with Crippen molar-refractivity contribution in [1.82, 2.24) is 10.3 Å². The summed E-state index contributed by atoms with van der Waals surface area (Å²) in [5.74, 6) is -0.531. The Hall–Kier alpha value is -4.24. The Kier molecular flexibility index (Phi) is 6.29. The lowest BCUT2D eigenvalue weighted by Gasteiger charge is -2.29. The normalized spacial score (nSPS) is 19.1. The number of likely N-dealkylation sites (N-methyl/N-ethyl adjacent to an activating group) is 1. The van der Waals surface area contributed by atoms with E-state index in [9.17, 15) is 14.0 Å². The molecule has 34 heavy (non-hydrogen) atoms. The Morgan fingerprint density at radius 3 is 2.41 bits per heavy atom. The Labute approximate surface area is 195 Å². The number of aromatic nitrogens is 1. The third kappa shape index (κ3) is 4.46. The van der Waals surface area contributed by atoms with E-state index in [0.717, 1.165) is 0 Å². The van der Waals surface area contributed by atoms with Gasteiger partial charge in [-0.25, -0.2) is 4.39 Å². The number of hydrogen-bond acceptors (Lipinski definition) is 6. The number of halogens is 1. The second-order valence-electron chi connectivity index (χ2n) is 7.62. The van der Waals surface area contributed by atoms with Crippen LogP contribution < -0.4 is 25.8 Å². The lowest BCUT2D eigenvalue weighted by molar-refractivity contribution is -0.119. The largest absolute Gasteiger partial charge is 0.496 e. The zero-order valence-corrected chi connectivity index (χ0v) is 18.5. The highest BCUT2D eigenvalue weighted by Gasteiger charge is 2.34. The first kappa shape index (κ1) is 22.9. The number of nitrogens with two attached hydrogens (primary N) is 1. The summed E-state index contributed by atoms with van der Waals surface area (Å²) in [6, 6.07) is 10.4. The minimum absolute atomic E-state index is 0.217. The summed E-state index contributed by atoms with van der Waals surface area (Å²) in [5.41, 5.74) is 5.64. The topological polar surface area (TPSA) is 116 Å². The number of nitrogens with zero attached hydrogens (tertiary/aromatic N) is 1. The monoisotopic (exact) mass is 462 g/mol. The molecule has 1 aliphatic carbocycles. The van der Waals surface area contributed by atoms with Gasteiger partial charge in [-0.1, -0.05) is 12.2 Å². The van der Waals surface area contributed by atoms with Crippen LogP contribution in [0.25, 0.3) is 10.9 Å². The van der Waals surface area contributed by atoms with Crippen molar-refractivity contribution in [3.8, 4) is 11.5 Å². The molecule has 4 rings (SSSR count). The number of nitrogens with one attached hydrogen (secondary N) is 2. The van der Waals surface area contributed by atoms with E-state index in [4.69, 9.17) is 15.2 Å². The van der Waals surface area contributed by atoms with Gasteiger partial charge in [0, 0.05) is 23.3 Å². The zero-order valence-electron chi connectivity index (χ0n) is 18.5. The number of carbonyl (C=O) groups is 2. The summed E-state index contributed by atoms with van der Waals surface area (Å²) >= 11 is 0. The van der Waals surface area contributed by atoms with Crippen LogP contribution in [0.4, 0.5) is 10.1 Å². The smallest absolute Gasteiger partial charge is 0.252 e. The van der Waals surface area contributed by atoms with Crippen LogP contribution in [-0.2, 0) is 4.79 Å². The van der Waals surface area contributed by atoms with Gasteiger partial charge in [0.15, 0.2) is 0 Å². The fourth-order valence-electron chi connectivity index (χ4n) is 3.65. The number of anilines is 1. The average Bonchev–Trinajstić information content (AvgIpc) is 2.85. The van der Waals surface area contributed by atoms with Crippen molar-refractivity contribution >= 4 is 28.4 Å². The predicted molar refractivity (Wildman–Crippen MR) is 126 cm³/mol. The van der Waals surface area contributed by atoms with Gasteiger partial charge >= 0.3 is 0 Å². The standard InChI is InChI=1S/C25H23FN4O4/c1-28-25(24(32)30-16-5-3-15(26)4-6-16)10-7-17(8-11-25)34-21-9-12-29-20-14-22(33-2)19(23(27)31)13-18(20)21/h3-14,17,28H,1-2H3,(H2,27,31)(H,30,32). The molecule has 0 fully saturated rings. The Morgan fingerprint density at radius 1 is 1.09 bits per heavy atom. The third-order valence-electron chi connectivity index (χ3n) is 5.54. The van der Waals surface area contributed by atoms with Crippen molar-refractivity contribution in [2.45, 2.75) is 11.6 Å². The predicted octanol–water partition coefficient (Wildman–Crippen LogP) is 2.95. The van der Waals surface area contributed by atoms with E-state index in [-0.39, 0.29) is 17.3 Å². The molecule has 0 spiro atoms. The van der Waals surface area contributed by atoms with E-state index >= 15 is 0 Å². The minimum atomic E-state index is -1.11. The molecule has 0 saturated heterocycles. The number of methoxy groups -OCH3 is 1. The molecule has 174 valence electrons. The number of carbonyl (C=O) groups excluding carboxylic acids is 2. The fraction of sp³-hybridized carbons (Fsp3) is 0.160. The second kappa shape index (κ2) is 9.32. The van der Waals surface area contributed by atoms with Gasteiger partial charge in [0.2, 0.25) is 0 Å². The molecule has 9 heteroatoms. The Bertz CT molecular complexity index is 1290. The Balaban J connectivity index is 1.56. The number of fused-ring (bicyclic) bond motifs is 1. The van der Waals surface area contributed by atoms with Gasteiger partial charge in [-0.15, -0.1) is 0 Å². The summed E-state index contributed by atoms with van der Waals surface area (Å²) in [4.78, 5) is 29.1. The van der Waals surface area contributed by atoms with Crippen LogP contribution >= 0.6 is 0 Å². The maximum absolute atomic E-state index is 13.1. The first-order valence-corrected chi connectivity index (χ1v) is 10.4. The van der Waals surface area contributed by atoms with Gasteiger partial charge < -0.3 is 20.5 Å².